The molecule has 0 bridgehead atoms. The number of likely N-dealkylation sites (tertiary alicyclic amines) is 1. The molecule has 1 N–H and O–H groups in total. The topological polar surface area (TPSA) is 66.8 Å². The lowest BCUT2D eigenvalue weighted by atomic mass is 9.97. The lowest BCUT2D eigenvalue weighted by molar-refractivity contribution is -0.146. The summed E-state index contributed by atoms with van der Waals surface area (Å²) in [4.78, 5) is 24.5. The van der Waals surface area contributed by atoms with Gasteiger partial charge in [0.1, 0.15) is 5.60 Å². The fourth-order valence-electron chi connectivity index (χ4n) is 1.93. The van der Waals surface area contributed by atoms with Gasteiger partial charge in [-0.25, -0.2) is 9.59 Å². The molecule has 1 rings (SSSR count). The Bertz CT molecular complexity index is 345. The van der Waals surface area contributed by atoms with Crippen LogP contribution in [0.2, 0.25) is 0 Å². The number of nitrogens with zero attached hydrogens (tertiary/aromatic N) is 1. The maximum absolute atomic E-state index is 11.9. The highest BCUT2D eigenvalue weighted by Gasteiger charge is 2.49. The van der Waals surface area contributed by atoms with Crippen LogP contribution in [-0.4, -0.2) is 39.8 Å². The van der Waals surface area contributed by atoms with E-state index in [1.165, 1.54) is 11.0 Å². The maximum atomic E-state index is 11.9. The van der Waals surface area contributed by atoms with E-state index in [1.807, 2.05) is 0 Å². The Morgan fingerprint density at radius 1 is 1.47 bits per heavy atom. The van der Waals surface area contributed by atoms with E-state index in [4.69, 9.17) is 4.74 Å². The fourth-order valence-corrected chi connectivity index (χ4v) is 1.93. The number of amides is 1. The van der Waals surface area contributed by atoms with E-state index in [2.05, 4.69) is 6.58 Å². The van der Waals surface area contributed by atoms with Gasteiger partial charge in [0.15, 0.2) is 5.54 Å². The Morgan fingerprint density at radius 2 is 2.06 bits per heavy atom. The van der Waals surface area contributed by atoms with Gasteiger partial charge in [-0.05, 0) is 33.6 Å². The van der Waals surface area contributed by atoms with Crippen molar-refractivity contribution in [3.05, 3.63) is 12.7 Å². The van der Waals surface area contributed by atoms with Crippen molar-refractivity contribution in [1.82, 2.24) is 4.90 Å². The van der Waals surface area contributed by atoms with Gasteiger partial charge in [-0.1, -0.05) is 6.08 Å². The average molecular weight is 241 g/mol. The molecule has 5 heteroatoms. The van der Waals surface area contributed by atoms with Crippen LogP contribution >= 0.6 is 0 Å². The Morgan fingerprint density at radius 3 is 2.47 bits per heavy atom. The predicted molar refractivity (Wildman–Crippen MR) is 62.7 cm³/mol. The zero-order chi connectivity index (χ0) is 13.3. The second-order valence-electron chi connectivity index (χ2n) is 5.17. The summed E-state index contributed by atoms with van der Waals surface area (Å²) in [6, 6.07) is 0. The number of rotatable bonds is 2. The number of carbonyl (C=O) groups excluding carboxylic acids is 1. The summed E-state index contributed by atoms with van der Waals surface area (Å²) >= 11 is 0. The first kappa shape index (κ1) is 13.5. The summed E-state index contributed by atoms with van der Waals surface area (Å²) in [5.74, 6) is -1.06. The average Bonchev–Trinajstić information content (AvgIpc) is 2.59. The molecule has 0 radical (unpaired) electrons. The largest absolute Gasteiger partial charge is 0.479 e. The minimum atomic E-state index is -1.32. The smallest absolute Gasteiger partial charge is 0.411 e. The molecule has 5 nitrogen and oxygen atoms in total. The molecule has 1 unspecified atom stereocenters. The Balaban J connectivity index is 2.93. The van der Waals surface area contributed by atoms with Crippen molar-refractivity contribution < 1.29 is 19.4 Å². The molecule has 0 aromatic carbocycles. The first-order chi connectivity index (χ1) is 7.73. The van der Waals surface area contributed by atoms with Crippen LogP contribution in [0.4, 0.5) is 4.79 Å². The number of carbonyl (C=O) groups is 2. The van der Waals surface area contributed by atoms with Gasteiger partial charge in [-0.15, -0.1) is 6.58 Å². The molecule has 1 fully saturated rings. The molecular formula is C12H19NO4. The summed E-state index contributed by atoms with van der Waals surface area (Å²) < 4.78 is 5.20. The Hall–Kier alpha value is -1.52. The van der Waals surface area contributed by atoms with Crippen LogP contribution in [-0.2, 0) is 9.53 Å². The Labute approximate surface area is 101 Å². The van der Waals surface area contributed by atoms with E-state index in [0.717, 1.165) is 0 Å². The predicted octanol–water partition coefficient (Wildman–Crippen LogP) is 2.03. The maximum Gasteiger partial charge on any atom is 0.411 e. The van der Waals surface area contributed by atoms with E-state index >= 15 is 0 Å². The highest BCUT2D eigenvalue weighted by atomic mass is 16.6. The number of carboxylic acid groups (broad SMARTS) is 1. The normalized spacial score (nSPS) is 24.5. The van der Waals surface area contributed by atoms with Crippen molar-refractivity contribution in [2.75, 3.05) is 6.54 Å². The molecule has 0 aromatic rings. The third kappa shape index (κ3) is 2.60. The molecule has 1 aliphatic heterocycles. The number of ether oxygens (including phenoxy) is 1. The molecule has 1 heterocycles. The summed E-state index contributed by atoms with van der Waals surface area (Å²) in [5, 5.41) is 9.26. The zero-order valence-electron chi connectivity index (χ0n) is 10.5. The summed E-state index contributed by atoms with van der Waals surface area (Å²) in [7, 11) is 0. The van der Waals surface area contributed by atoms with E-state index in [9.17, 15) is 14.7 Å². The van der Waals surface area contributed by atoms with Gasteiger partial charge in [0.2, 0.25) is 0 Å². The van der Waals surface area contributed by atoms with Crippen molar-refractivity contribution in [2.45, 2.75) is 44.8 Å². The first-order valence-electron chi connectivity index (χ1n) is 5.60. The van der Waals surface area contributed by atoms with Gasteiger partial charge >= 0.3 is 12.1 Å². The lowest BCUT2D eigenvalue weighted by Gasteiger charge is -2.33. The quantitative estimate of drug-likeness (QED) is 0.751. The van der Waals surface area contributed by atoms with Gasteiger partial charge in [0.25, 0.3) is 0 Å². The Kier molecular flexibility index (Phi) is 3.50. The molecule has 1 atom stereocenters. The zero-order valence-corrected chi connectivity index (χ0v) is 10.5. The monoisotopic (exact) mass is 241 g/mol. The van der Waals surface area contributed by atoms with Crippen molar-refractivity contribution in [3.63, 3.8) is 0 Å². The number of aliphatic carboxylic acids is 1. The van der Waals surface area contributed by atoms with Crippen LogP contribution in [0.25, 0.3) is 0 Å². The third-order valence-electron chi connectivity index (χ3n) is 2.74. The van der Waals surface area contributed by atoms with Gasteiger partial charge in [-0.2, -0.15) is 0 Å². The van der Waals surface area contributed by atoms with Gasteiger partial charge in [0, 0.05) is 6.54 Å². The summed E-state index contributed by atoms with van der Waals surface area (Å²) in [6.45, 7) is 9.16. The first-order valence-corrected chi connectivity index (χ1v) is 5.60. The van der Waals surface area contributed by atoms with E-state index in [0.29, 0.717) is 19.4 Å². The van der Waals surface area contributed by atoms with Gasteiger partial charge in [0.05, 0.1) is 0 Å². The standard InChI is InChI=1S/C12H19NO4/c1-5-12(9(14)15)7-6-8-13(12)10(16)17-11(2,3)4/h5H,1,6-8H2,2-4H3,(H,14,15). The molecule has 0 aliphatic carbocycles. The minimum absolute atomic E-state index is 0.380. The molecule has 0 saturated carbocycles. The third-order valence-corrected chi connectivity index (χ3v) is 2.74. The molecule has 1 saturated heterocycles. The van der Waals surface area contributed by atoms with Crippen molar-refractivity contribution in [1.29, 1.82) is 0 Å². The minimum Gasteiger partial charge on any atom is -0.479 e. The van der Waals surface area contributed by atoms with E-state index in [1.54, 1.807) is 20.8 Å². The van der Waals surface area contributed by atoms with Crippen LogP contribution in [0.3, 0.4) is 0 Å². The van der Waals surface area contributed by atoms with Gasteiger partial charge < -0.3 is 9.84 Å². The number of hydrogen-bond donors (Lipinski definition) is 1. The van der Waals surface area contributed by atoms with Crippen LogP contribution in [0.1, 0.15) is 33.6 Å². The second kappa shape index (κ2) is 4.39. The lowest BCUT2D eigenvalue weighted by Crippen LogP contribution is -2.52. The van der Waals surface area contributed by atoms with Crippen LogP contribution in [0, 0.1) is 0 Å². The van der Waals surface area contributed by atoms with E-state index < -0.39 is 23.2 Å². The van der Waals surface area contributed by atoms with Crippen LogP contribution in [0.15, 0.2) is 12.7 Å². The molecule has 96 valence electrons. The second-order valence-corrected chi connectivity index (χ2v) is 5.17. The molecule has 1 amide bonds. The van der Waals surface area contributed by atoms with Crippen molar-refractivity contribution in [3.8, 4) is 0 Å². The molecule has 0 spiro atoms. The molecule has 0 aromatic heterocycles. The molecular weight excluding hydrogens is 222 g/mol. The summed E-state index contributed by atoms with van der Waals surface area (Å²) in [5.41, 5.74) is -1.95. The highest BCUT2D eigenvalue weighted by Crippen LogP contribution is 2.32. The highest BCUT2D eigenvalue weighted by molar-refractivity contribution is 5.87. The van der Waals surface area contributed by atoms with Crippen molar-refractivity contribution >= 4 is 12.1 Å². The molecule has 17 heavy (non-hydrogen) atoms. The van der Waals surface area contributed by atoms with Gasteiger partial charge in [-0.3, -0.25) is 4.90 Å². The van der Waals surface area contributed by atoms with Crippen LogP contribution < -0.4 is 0 Å². The summed E-state index contributed by atoms with van der Waals surface area (Å²) in [6.07, 6.45) is 1.73. The molecule has 1 aliphatic rings. The fraction of sp³-hybridized carbons (Fsp3) is 0.667. The van der Waals surface area contributed by atoms with Crippen molar-refractivity contribution in [2.24, 2.45) is 0 Å². The van der Waals surface area contributed by atoms with E-state index in [-0.39, 0.29) is 0 Å². The SMILES string of the molecule is C=CC1(C(=O)O)CCCN1C(=O)OC(C)(C)C. The van der Waals surface area contributed by atoms with Crippen LogP contribution in [0.5, 0.6) is 0 Å². The number of carboxylic acids is 1. The number of hydrogen-bond acceptors (Lipinski definition) is 3.